The standard InChI is InChI=1S/C59H65BN2S/c1-36-31-49-52-50(32-36)62(47-27-23-39(56(5,6)7)33-43(47)37-19-21-38(22-20-37)55(2,3)4)48-28-24-40(57(8,9)10)34-46(48)60(52)54-53(42-17-15-16-18-51(42)63-54)61(49)41-25-26-44-45(35-41)59(13,14)30-29-58(44,11)12/h15-28,31-35H,29-30H2,1-14H3. The average molecular weight is 845 g/mol. The number of aryl methyl sites for hydroxylation is 1. The second-order valence-corrected chi connectivity index (χ2v) is 24.5. The van der Waals surface area contributed by atoms with Crippen molar-refractivity contribution in [2.75, 3.05) is 9.80 Å². The van der Waals surface area contributed by atoms with Gasteiger partial charge in [0.1, 0.15) is 0 Å². The quantitative estimate of drug-likeness (QED) is 0.164. The molecule has 1 aromatic heterocycles. The Hall–Kier alpha value is -5.06. The van der Waals surface area contributed by atoms with Gasteiger partial charge in [0.25, 0.3) is 6.71 Å². The van der Waals surface area contributed by atoms with Gasteiger partial charge in [0.15, 0.2) is 0 Å². The molecule has 10 rings (SSSR count). The molecule has 0 radical (unpaired) electrons. The first-order chi connectivity index (χ1) is 29.5. The second-order valence-electron chi connectivity index (χ2n) is 23.5. The van der Waals surface area contributed by atoms with Crippen molar-refractivity contribution in [2.24, 2.45) is 0 Å². The third-order valence-corrected chi connectivity index (χ3v) is 16.1. The van der Waals surface area contributed by atoms with Crippen molar-refractivity contribution in [3.8, 4) is 11.1 Å². The predicted molar refractivity (Wildman–Crippen MR) is 277 cm³/mol. The van der Waals surface area contributed by atoms with Gasteiger partial charge in [-0.05, 0) is 145 Å². The minimum absolute atomic E-state index is 0.00955. The van der Waals surface area contributed by atoms with E-state index >= 15 is 0 Å². The fourth-order valence-corrected chi connectivity index (χ4v) is 12.2. The van der Waals surface area contributed by atoms with Gasteiger partial charge in [-0.1, -0.05) is 157 Å². The monoisotopic (exact) mass is 844 g/mol. The highest BCUT2D eigenvalue weighted by atomic mass is 32.1. The third-order valence-electron chi connectivity index (χ3n) is 14.8. The van der Waals surface area contributed by atoms with Crippen molar-refractivity contribution in [3.05, 3.63) is 149 Å². The molecule has 0 unspecified atom stereocenters. The summed E-state index contributed by atoms with van der Waals surface area (Å²) in [5, 5.41) is 1.33. The molecule has 3 aliphatic rings. The Morgan fingerprint density at radius 2 is 1.11 bits per heavy atom. The molecule has 0 N–H and O–H groups in total. The fourth-order valence-electron chi connectivity index (χ4n) is 10.9. The first-order valence-electron chi connectivity index (χ1n) is 23.3. The van der Waals surface area contributed by atoms with Crippen LogP contribution in [-0.4, -0.2) is 6.71 Å². The molecule has 0 fully saturated rings. The van der Waals surface area contributed by atoms with Crippen molar-refractivity contribution < 1.29 is 0 Å². The van der Waals surface area contributed by atoms with Crippen LogP contribution in [0.4, 0.5) is 34.1 Å². The van der Waals surface area contributed by atoms with E-state index < -0.39 is 0 Å². The number of rotatable bonds is 3. The maximum Gasteiger partial charge on any atom is 0.264 e. The SMILES string of the molecule is Cc1cc2c3c(c1)N(c1ccc4c(c1)C(C)(C)CCC4(C)C)c1c(sc4ccccc14)B3c1cc(C(C)(C)C)ccc1N2c1ccc(C(C)(C)C)cc1-c1ccc(C(C)(C)C)cc1. The summed E-state index contributed by atoms with van der Waals surface area (Å²) in [6.07, 6.45) is 2.38. The number of hydrogen-bond donors (Lipinski definition) is 0. The lowest BCUT2D eigenvalue weighted by Gasteiger charge is -2.45. The zero-order valence-electron chi connectivity index (χ0n) is 40.3. The Kier molecular flexibility index (Phi) is 9.30. The number of anilines is 6. The van der Waals surface area contributed by atoms with Gasteiger partial charge in [-0.15, -0.1) is 11.3 Å². The zero-order valence-corrected chi connectivity index (χ0v) is 41.1. The topological polar surface area (TPSA) is 6.48 Å². The van der Waals surface area contributed by atoms with Crippen LogP contribution in [0, 0.1) is 6.92 Å². The first-order valence-corrected chi connectivity index (χ1v) is 24.2. The van der Waals surface area contributed by atoms with Crippen molar-refractivity contribution >= 4 is 78.0 Å². The summed E-state index contributed by atoms with van der Waals surface area (Å²) in [4.78, 5) is 5.30. The van der Waals surface area contributed by atoms with Gasteiger partial charge in [-0.25, -0.2) is 0 Å². The highest BCUT2D eigenvalue weighted by molar-refractivity contribution is 7.33. The van der Waals surface area contributed by atoms with Crippen LogP contribution in [0.1, 0.15) is 136 Å². The van der Waals surface area contributed by atoms with Crippen molar-refractivity contribution in [3.63, 3.8) is 0 Å². The minimum atomic E-state index is -0.0159. The van der Waals surface area contributed by atoms with Crippen LogP contribution in [0.25, 0.3) is 21.2 Å². The maximum atomic E-state index is 2.67. The average Bonchev–Trinajstić information content (AvgIpc) is 3.60. The maximum absolute atomic E-state index is 2.67. The van der Waals surface area contributed by atoms with E-state index in [1.165, 1.54) is 117 Å². The Morgan fingerprint density at radius 3 is 1.76 bits per heavy atom. The molecular weight excluding hydrogens is 780 g/mol. The van der Waals surface area contributed by atoms with Crippen LogP contribution >= 0.6 is 11.3 Å². The van der Waals surface area contributed by atoms with Gasteiger partial charge in [0.2, 0.25) is 0 Å². The van der Waals surface area contributed by atoms with Crippen molar-refractivity contribution in [1.29, 1.82) is 0 Å². The summed E-state index contributed by atoms with van der Waals surface area (Å²) < 4.78 is 2.77. The van der Waals surface area contributed by atoms with Crippen LogP contribution in [0.2, 0.25) is 0 Å². The smallest absolute Gasteiger partial charge is 0.264 e. The minimum Gasteiger partial charge on any atom is -0.311 e. The molecule has 2 nitrogen and oxygen atoms in total. The Morgan fingerprint density at radius 1 is 0.540 bits per heavy atom. The molecule has 1 aliphatic carbocycles. The lowest BCUT2D eigenvalue weighted by Crippen LogP contribution is -2.60. The Labute approximate surface area is 382 Å². The number of hydrogen-bond acceptors (Lipinski definition) is 3. The highest BCUT2D eigenvalue weighted by Gasteiger charge is 2.47. The Bertz CT molecular complexity index is 2980. The first kappa shape index (κ1) is 41.9. The van der Waals surface area contributed by atoms with E-state index in [4.69, 9.17) is 0 Å². The van der Waals surface area contributed by atoms with E-state index in [1.807, 2.05) is 11.3 Å². The molecule has 4 heteroatoms. The van der Waals surface area contributed by atoms with E-state index in [0.29, 0.717) is 0 Å². The van der Waals surface area contributed by atoms with Gasteiger partial charge in [-0.2, -0.15) is 0 Å². The summed E-state index contributed by atoms with van der Waals surface area (Å²) >= 11 is 1.99. The summed E-state index contributed by atoms with van der Waals surface area (Å²) in [7, 11) is 0. The third kappa shape index (κ3) is 6.72. The largest absolute Gasteiger partial charge is 0.311 e. The molecule has 320 valence electrons. The summed E-state index contributed by atoms with van der Waals surface area (Å²) in [6.45, 7) is 33.1. The molecule has 7 aromatic rings. The van der Waals surface area contributed by atoms with Gasteiger partial charge in [0.05, 0.1) is 11.4 Å². The highest BCUT2D eigenvalue weighted by Crippen LogP contribution is 2.53. The van der Waals surface area contributed by atoms with Crippen LogP contribution in [0.15, 0.2) is 115 Å². The molecule has 0 amide bonds. The Balaban J connectivity index is 1.30. The molecule has 0 spiro atoms. The molecule has 0 saturated heterocycles. The van der Waals surface area contributed by atoms with E-state index in [-0.39, 0.29) is 33.8 Å². The fraction of sp³-hybridized carbons (Fsp3) is 0.356. The van der Waals surface area contributed by atoms with E-state index in [1.54, 1.807) is 0 Å². The van der Waals surface area contributed by atoms with E-state index in [9.17, 15) is 0 Å². The van der Waals surface area contributed by atoms with Crippen LogP contribution in [0.5, 0.6) is 0 Å². The molecular formula is C59H65BN2S. The zero-order chi connectivity index (χ0) is 44.8. The van der Waals surface area contributed by atoms with Crippen LogP contribution in [0.3, 0.4) is 0 Å². The van der Waals surface area contributed by atoms with Gasteiger partial charge < -0.3 is 9.80 Å². The second kappa shape index (κ2) is 14.0. The molecule has 0 saturated carbocycles. The molecule has 2 aliphatic heterocycles. The van der Waals surface area contributed by atoms with Crippen molar-refractivity contribution in [1.82, 2.24) is 0 Å². The molecule has 3 heterocycles. The molecule has 6 aromatic carbocycles. The molecule has 0 atom stereocenters. The van der Waals surface area contributed by atoms with Gasteiger partial charge in [0, 0.05) is 43.2 Å². The lowest BCUT2D eigenvalue weighted by atomic mass is 9.36. The van der Waals surface area contributed by atoms with E-state index in [0.717, 1.165) is 0 Å². The number of thiophene rings is 1. The molecule has 0 bridgehead atoms. The molecule has 63 heavy (non-hydrogen) atoms. The van der Waals surface area contributed by atoms with Crippen LogP contribution < -0.4 is 25.5 Å². The number of fused-ring (bicyclic) bond motifs is 7. The summed E-state index contributed by atoms with van der Waals surface area (Å²) in [5.41, 5.74) is 21.5. The summed E-state index contributed by atoms with van der Waals surface area (Å²) in [6, 6.07) is 45.7. The van der Waals surface area contributed by atoms with Gasteiger partial charge >= 0.3 is 0 Å². The lowest BCUT2D eigenvalue weighted by molar-refractivity contribution is 0.332. The summed E-state index contributed by atoms with van der Waals surface area (Å²) in [5.74, 6) is 0. The normalized spacial score (nSPS) is 16.4. The van der Waals surface area contributed by atoms with E-state index in [2.05, 4.69) is 222 Å². The number of nitrogens with zero attached hydrogens (tertiary/aromatic N) is 2. The van der Waals surface area contributed by atoms with Crippen molar-refractivity contribution in [2.45, 2.75) is 137 Å². The number of benzene rings is 6. The van der Waals surface area contributed by atoms with Crippen LogP contribution in [-0.2, 0) is 27.1 Å². The predicted octanol–water partition coefficient (Wildman–Crippen LogP) is 15.2. The van der Waals surface area contributed by atoms with Gasteiger partial charge in [-0.3, -0.25) is 0 Å².